The van der Waals surface area contributed by atoms with E-state index in [-0.39, 0.29) is 11.8 Å². The molecule has 0 unspecified atom stereocenters. The Morgan fingerprint density at radius 3 is 2.94 bits per heavy atom. The monoisotopic (exact) mass is 463 g/mol. The molecule has 4 aromatic rings. The average molecular weight is 464 g/mol. The Bertz CT molecular complexity index is 1230. The number of anilines is 1. The van der Waals surface area contributed by atoms with Gasteiger partial charge in [0.25, 0.3) is 6.43 Å². The molecule has 12 heteroatoms. The number of ether oxygens (including phenoxy) is 1. The summed E-state index contributed by atoms with van der Waals surface area (Å²) in [6.07, 6.45) is 2.43. The first-order valence-corrected chi connectivity index (χ1v) is 10.4. The van der Waals surface area contributed by atoms with Crippen LogP contribution in [0.3, 0.4) is 0 Å². The SMILES string of the molecule is O[C@H]1CN(c2ccc(-c3cc(OCC(F)F)cn4nc5[nH]ncc5c34)cn2)CC[C@@H]1NCl. The quantitative estimate of drug-likeness (QED) is 0.378. The average Bonchev–Trinajstić information content (AvgIpc) is 3.38. The largest absolute Gasteiger partial charge is 0.486 e. The van der Waals surface area contributed by atoms with Gasteiger partial charge < -0.3 is 14.7 Å². The van der Waals surface area contributed by atoms with Crippen molar-refractivity contribution in [2.75, 3.05) is 24.6 Å². The van der Waals surface area contributed by atoms with Crippen LogP contribution in [0.5, 0.6) is 5.75 Å². The maximum Gasteiger partial charge on any atom is 0.272 e. The molecule has 9 nitrogen and oxygen atoms in total. The summed E-state index contributed by atoms with van der Waals surface area (Å²) in [7, 11) is 0. The van der Waals surface area contributed by atoms with E-state index >= 15 is 0 Å². The topological polar surface area (TPSA) is 104 Å². The minimum absolute atomic E-state index is 0.157. The molecule has 0 aliphatic carbocycles. The van der Waals surface area contributed by atoms with E-state index in [0.717, 1.165) is 27.8 Å². The third kappa shape index (κ3) is 3.83. The first-order valence-electron chi connectivity index (χ1n) is 10.1. The molecule has 2 atom stereocenters. The maximum absolute atomic E-state index is 12.7. The zero-order chi connectivity index (χ0) is 22.2. The van der Waals surface area contributed by atoms with Crippen LogP contribution in [0.1, 0.15) is 6.42 Å². The Hall–Kier alpha value is -3.02. The highest BCUT2D eigenvalue weighted by Crippen LogP contribution is 2.33. The highest BCUT2D eigenvalue weighted by atomic mass is 35.5. The first kappa shape index (κ1) is 20.9. The molecule has 5 heterocycles. The fourth-order valence-corrected chi connectivity index (χ4v) is 4.25. The summed E-state index contributed by atoms with van der Waals surface area (Å²) in [5, 5.41) is 22.3. The molecule has 1 fully saturated rings. The summed E-state index contributed by atoms with van der Waals surface area (Å²) in [5.74, 6) is 0.998. The summed E-state index contributed by atoms with van der Waals surface area (Å²) >= 11 is 5.67. The molecule has 1 aliphatic rings. The predicted octanol–water partition coefficient (Wildman–Crippen LogP) is 2.60. The number of aromatic nitrogens is 5. The molecular weight excluding hydrogens is 444 g/mol. The van der Waals surface area contributed by atoms with Gasteiger partial charge in [-0.2, -0.15) is 5.10 Å². The second kappa shape index (κ2) is 8.49. The van der Waals surface area contributed by atoms with Crippen LogP contribution in [0.15, 0.2) is 36.8 Å². The second-order valence-corrected chi connectivity index (χ2v) is 7.86. The number of fused-ring (bicyclic) bond motifs is 3. The molecule has 0 spiro atoms. The van der Waals surface area contributed by atoms with Gasteiger partial charge in [0, 0.05) is 30.4 Å². The number of pyridine rings is 2. The predicted molar refractivity (Wildman–Crippen MR) is 115 cm³/mol. The molecular formula is C20H20ClF2N7O2. The Morgan fingerprint density at radius 2 is 2.22 bits per heavy atom. The summed E-state index contributed by atoms with van der Waals surface area (Å²) in [5.41, 5.74) is 2.83. The smallest absolute Gasteiger partial charge is 0.272 e. The number of hydrogen-bond donors (Lipinski definition) is 3. The zero-order valence-corrected chi connectivity index (χ0v) is 17.5. The van der Waals surface area contributed by atoms with Crippen LogP contribution in [0.4, 0.5) is 14.6 Å². The van der Waals surface area contributed by atoms with Gasteiger partial charge in [0.05, 0.1) is 35.4 Å². The van der Waals surface area contributed by atoms with Crippen molar-refractivity contribution >= 4 is 34.1 Å². The molecule has 1 aliphatic heterocycles. The van der Waals surface area contributed by atoms with Gasteiger partial charge >= 0.3 is 0 Å². The number of nitrogens with zero attached hydrogens (tertiary/aromatic N) is 5. The van der Waals surface area contributed by atoms with Gasteiger partial charge in [0.1, 0.15) is 18.2 Å². The van der Waals surface area contributed by atoms with Crippen molar-refractivity contribution in [3.05, 3.63) is 36.8 Å². The summed E-state index contributed by atoms with van der Waals surface area (Å²) < 4.78 is 32.2. The van der Waals surface area contributed by atoms with E-state index in [2.05, 4.69) is 25.1 Å². The second-order valence-electron chi connectivity index (χ2n) is 7.64. The Labute approximate surface area is 186 Å². The molecule has 0 aromatic carbocycles. The van der Waals surface area contributed by atoms with Crippen molar-refractivity contribution in [2.45, 2.75) is 25.0 Å². The van der Waals surface area contributed by atoms with E-state index in [1.165, 1.54) is 0 Å². The molecule has 4 aromatic heterocycles. The highest BCUT2D eigenvalue weighted by molar-refractivity contribution is 6.13. The van der Waals surface area contributed by atoms with Crippen molar-refractivity contribution in [1.29, 1.82) is 0 Å². The standard InChI is InChI=1S/C20H20ClF2N7O2/c21-26-15-3-4-29(9-16(15)31)18-2-1-11(6-24-18)13-5-12(32-10-17(22)23)8-30-19(13)14-7-25-27-20(14)28-30/h1-2,5-8,15-17,26,31H,3-4,9-10H2,(H,27,28)/t15-,16-/m0/s1. The Morgan fingerprint density at radius 1 is 1.34 bits per heavy atom. The van der Waals surface area contributed by atoms with Crippen LogP contribution in [-0.4, -0.2) is 68.2 Å². The minimum Gasteiger partial charge on any atom is -0.486 e. The molecule has 168 valence electrons. The molecule has 1 saturated heterocycles. The number of aliphatic hydroxyl groups is 1. The third-order valence-electron chi connectivity index (χ3n) is 5.58. The van der Waals surface area contributed by atoms with Crippen LogP contribution in [-0.2, 0) is 0 Å². The number of halogens is 3. The number of H-pyrrole nitrogens is 1. The number of rotatable bonds is 6. The van der Waals surface area contributed by atoms with Crippen LogP contribution in [0, 0.1) is 0 Å². The number of aliphatic hydroxyl groups excluding tert-OH is 1. The van der Waals surface area contributed by atoms with E-state index in [0.29, 0.717) is 25.2 Å². The van der Waals surface area contributed by atoms with Gasteiger partial charge in [-0.15, -0.1) is 5.10 Å². The van der Waals surface area contributed by atoms with E-state index < -0.39 is 19.1 Å². The number of alkyl halides is 2. The van der Waals surface area contributed by atoms with E-state index in [9.17, 15) is 13.9 Å². The van der Waals surface area contributed by atoms with Crippen molar-refractivity contribution in [3.63, 3.8) is 0 Å². The van der Waals surface area contributed by atoms with Gasteiger partial charge in [-0.25, -0.2) is 23.1 Å². The van der Waals surface area contributed by atoms with Gasteiger partial charge in [-0.3, -0.25) is 5.10 Å². The normalized spacial score (nSPS) is 19.3. The lowest BCUT2D eigenvalue weighted by molar-refractivity contribution is 0.0816. The summed E-state index contributed by atoms with van der Waals surface area (Å²) in [4.78, 5) is 9.17. The van der Waals surface area contributed by atoms with Crippen molar-refractivity contribution in [1.82, 2.24) is 29.6 Å². The third-order valence-corrected chi connectivity index (χ3v) is 5.86. The number of β-amino-alcohol motifs (C(OH)–C–C–N with tert-alkyl or cyclic N) is 1. The van der Waals surface area contributed by atoms with Gasteiger partial charge in [0.15, 0.2) is 5.65 Å². The molecule has 0 bridgehead atoms. The lowest BCUT2D eigenvalue weighted by Gasteiger charge is -2.35. The number of hydrogen-bond acceptors (Lipinski definition) is 7. The van der Waals surface area contributed by atoms with Gasteiger partial charge in [-0.05, 0) is 36.4 Å². The zero-order valence-electron chi connectivity index (χ0n) is 16.8. The minimum atomic E-state index is -2.58. The summed E-state index contributed by atoms with van der Waals surface area (Å²) in [6.45, 7) is 0.404. The van der Waals surface area contributed by atoms with E-state index in [1.807, 2.05) is 17.0 Å². The molecule has 0 amide bonds. The lowest BCUT2D eigenvalue weighted by atomic mass is 10.0. The number of nitrogens with one attached hydrogen (secondary N) is 2. The van der Waals surface area contributed by atoms with Crippen LogP contribution < -0.4 is 14.5 Å². The van der Waals surface area contributed by atoms with Crippen molar-refractivity contribution < 1.29 is 18.6 Å². The molecule has 0 saturated carbocycles. The molecule has 5 rings (SSSR count). The van der Waals surface area contributed by atoms with Crippen LogP contribution in [0.2, 0.25) is 0 Å². The molecule has 0 radical (unpaired) electrons. The van der Waals surface area contributed by atoms with Crippen molar-refractivity contribution in [2.24, 2.45) is 0 Å². The van der Waals surface area contributed by atoms with E-state index in [4.69, 9.17) is 16.5 Å². The van der Waals surface area contributed by atoms with Crippen LogP contribution >= 0.6 is 11.8 Å². The fraction of sp³-hybridized carbons (Fsp3) is 0.350. The maximum atomic E-state index is 12.7. The Balaban J connectivity index is 1.50. The highest BCUT2D eigenvalue weighted by Gasteiger charge is 2.27. The molecule has 32 heavy (non-hydrogen) atoms. The molecule has 3 N–H and O–H groups in total. The number of piperidine rings is 1. The summed E-state index contributed by atoms with van der Waals surface area (Å²) in [6, 6.07) is 5.30. The first-order chi connectivity index (χ1) is 15.5. The van der Waals surface area contributed by atoms with E-state index in [1.54, 1.807) is 29.2 Å². The van der Waals surface area contributed by atoms with Gasteiger partial charge in [0.2, 0.25) is 0 Å². The lowest BCUT2D eigenvalue weighted by Crippen LogP contribution is -2.50. The van der Waals surface area contributed by atoms with Gasteiger partial charge in [-0.1, -0.05) is 0 Å². The fourth-order valence-electron chi connectivity index (χ4n) is 4.00. The number of aromatic amines is 1. The Kier molecular flexibility index (Phi) is 5.53. The van der Waals surface area contributed by atoms with Crippen LogP contribution in [0.25, 0.3) is 27.7 Å². The van der Waals surface area contributed by atoms with Crippen molar-refractivity contribution in [3.8, 4) is 16.9 Å².